The van der Waals surface area contributed by atoms with Gasteiger partial charge >= 0.3 is 6.03 Å². The number of carbonyl (C=O) groups is 2. The number of aryl methyl sites for hydroxylation is 1. The van der Waals surface area contributed by atoms with E-state index in [4.69, 9.17) is 14.2 Å². The van der Waals surface area contributed by atoms with Gasteiger partial charge in [0.1, 0.15) is 11.5 Å². The zero-order chi connectivity index (χ0) is 22.0. The first-order valence-corrected chi connectivity index (χ1v) is 10.2. The van der Waals surface area contributed by atoms with Gasteiger partial charge in [-0.1, -0.05) is 0 Å². The van der Waals surface area contributed by atoms with Crippen molar-refractivity contribution in [1.29, 1.82) is 0 Å². The third kappa shape index (κ3) is 4.15. The van der Waals surface area contributed by atoms with E-state index in [-0.39, 0.29) is 11.9 Å². The predicted octanol–water partition coefficient (Wildman–Crippen LogP) is 1.50. The van der Waals surface area contributed by atoms with Gasteiger partial charge < -0.3 is 29.3 Å². The van der Waals surface area contributed by atoms with E-state index < -0.39 is 0 Å². The Bertz CT molecular complexity index is 983. The third-order valence-electron chi connectivity index (χ3n) is 5.68. The summed E-state index contributed by atoms with van der Waals surface area (Å²) in [5.74, 6) is 1.04. The Hall–Kier alpha value is -3.27. The molecule has 166 valence electrons. The molecule has 0 spiro atoms. The summed E-state index contributed by atoms with van der Waals surface area (Å²) >= 11 is 0. The molecule has 0 bridgehead atoms. The van der Waals surface area contributed by atoms with Crippen LogP contribution in [0.2, 0.25) is 0 Å². The molecule has 10 nitrogen and oxygen atoms in total. The maximum atomic E-state index is 13.0. The first kappa shape index (κ1) is 21.0. The van der Waals surface area contributed by atoms with E-state index in [0.717, 1.165) is 11.3 Å². The summed E-state index contributed by atoms with van der Waals surface area (Å²) in [6, 6.07) is 4.95. The molecule has 3 heterocycles. The third-order valence-corrected chi connectivity index (χ3v) is 5.68. The summed E-state index contributed by atoms with van der Waals surface area (Å²) < 4.78 is 17.7. The molecule has 1 aromatic heterocycles. The van der Waals surface area contributed by atoms with Crippen LogP contribution in [0.5, 0.6) is 11.5 Å². The number of carbonyl (C=O) groups excluding carboxylic acids is 2. The molecule has 1 saturated heterocycles. The van der Waals surface area contributed by atoms with Gasteiger partial charge in [0.15, 0.2) is 5.69 Å². The molecule has 0 aliphatic carbocycles. The lowest BCUT2D eigenvalue weighted by Crippen LogP contribution is -2.42. The van der Waals surface area contributed by atoms with Crippen molar-refractivity contribution in [3.8, 4) is 11.5 Å². The number of benzene rings is 1. The Morgan fingerprint density at radius 1 is 1.10 bits per heavy atom. The molecule has 1 aromatic carbocycles. The van der Waals surface area contributed by atoms with E-state index in [1.54, 1.807) is 39.8 Å². The molecular weight excluding hydrogens is 402 g/mol. The van der Waals surface area contributed by atoms with Gasteiger partial charge in [0, 0.05) is 50.4 Å². The summed E-state index contributed by atoms with van der Waals surface area (Å²) in [6.45, 7) is 3.00. The molecule has 0 radical (unpaired) electrons. The van der Waals surface area contributed by atoms with Gasteiger partial charge in [-0.25, -0.2) is 4.79 Å². The van der Waals surface area contributed by atoms with Crippen molar-refractivity contribution in [2.24, 2.45) is 7.05 Å². The summed E-state index contributed by atoms with van der Waals surface area (Å²) in [5, 5.41) is 7.38. The number of urea groups is 1. The van der Waals surface area contributed by atoms with Crippen molar-refractivity contribution in [1.82, 2.24) is 19.6 Å². The first-order chi connectivity index (χ1) is 15.0. The minimum Gasteiger partial charge on any atom is -0.497 e. The Morgan fingerprint density at radius 2 is 1.87 bits per heavy atom. The number of amides is 3. The number of nitrogens with zero attached hydrogens (tertiary/aromatic N) is 4. The van der Waals surface area contributed by atoms with E-state index in [0.29, 0.717) is 68.7 Å². The van der Waals surface area contributed by atoms with E-state index in [2.05, 4.69) is 10.4 Å². The lowest BCUT2D eigenvalue weighted by Gasteiger charge is -2.29. The van der Waals surface area contributed by atoms with Crippen LogP contribution >= 0.6 is 0 Å². The highest BCUT2D eigenvalue weighted by atomic mass is 16.5. The number of aromatic nitrogens is 2. The van der Waals surface area contributed by atoms with Crippen LogP contribution in [0.25, 0.3) is 0 Å². The second kappa shape index (κ2) is 8.84. The molecule has 2 aromatic rings. The minimum atomic E-state index is -0.261. The molecule has 2 aliphatic rings. The summed E-state index contributed by atoms with van der Waals surface area (Å²) in [7, 11) is 4.95. The lowest BCUT2D eigenvalue weighted by atomic mass is 10.0. The molecular formula is C21H27N5O5. The molecule has 1 fully saturated rings. The number of hydrogen-bond acceptors (Lipinski definition) is 6. The lowest BCUT2D eigenvalue weighted by molar-refractivity contribution is 0.0297. The quantitative estimate of drug-likeness (QED) is 0.791. The van der Waals surface area contributed by atoms with E-state index in [1.807, 2.05) is 7.05 Å². The summed E-state index contributed by atoms with van der Waals surface area (Å²) in [5.41, 5.74) is 2.76. The summed E-state index contributed by atoms with van der Waals surface area (Å²) in [6.07, 6.45) is 0.627. The fourth-order valence-corrected chi connectivity index (χ4v) is 3.95. The fraction of sp³-hybridized carbons (Fsp3) is 0.476. The number of anilines is 1. The van der Waals surface area contributed by atoms with Gasteiger partial charge in [-0.15, -0.1) is 0 Å². The smallest absolute Gasteiger partial charge is 0.322 e. The number of fused-ring (bicyclic) bond motifs is 1. The highest BCUT2D eigenvalue weighted by Gasteiger charge is 2.32. The Labute approximate surface area is 180 Å². The van der Waals surface area contributed by atoms with E-state index in [9.17, 15) is 9.59 Å². The number of morpholine rings is 1. The van der Waals surface area contributed by atoms with Gasteiger partial charge in [0.25, 0.3) is 5.91 Å². The van der Waals surface area contributed by atoms with E-state index >= 15 is 0 Å². The number of hydrogen-bond donors (Lipinski definition) is 1. The normalized spacial score (nSPS) is 16.0. The zero-order valence-corrected chi connectivity index (χ0v) is 18.0. The average molecular weight is 429 g/mol. The molecule has 0 atom stereocenters. The van der Waals surface area contributed by atoms with Crippen molar-refractivity contribution in [3.63, 3.8) is 0 Å². The standard InChI is InChI=1S/C21H27N5O5/c1-24-17-6-7-26(21(28)22-16-5-4-14(29-2)12-18(16)30-3)13-15(17)19(23-24)20(27)25-8-10-31-11-9-25/h4-5,12H,6-11,13H2,1-3H3,(H,22,28). The molecule has 1 N–H and O–H groups in total. The second-order valence-corrected chi connectivity index (χ2v) is 7.47. The van der Waals surface area contributed by atoms with Gasteiger partial charge in [-0.2, -0.15) is 5.10 Å². The zero-order valence-electron chi connectivity index (χ0n) is 18.0. The number of rotatable bonds is 4. The molecule has 4 rings (SSSR count). The molecule has 0 saturated carbocycles. The van der Waals surface area contributed by atoms with Gasteiger partial charge in [-0.05, 0) is 12.1 Å². The SMILES string of the molecule is COc1ccc(NC(=O)N2CCc3c(c(C(=O)N4CCOCC4)nn3C)C2)c(OC)c1. The summed E-state index contributed by atoms with van der Waals surface area (Å²) in [4.78, 5) is 29.5. The fourth-order valence-electron chi connectivity index (χ4n) is 3.95. The molecule has 31 heavy (non-hydrogen) atoms. The molecule has 10 heteroatoms. The van der Waals surface area contributed by atoms with Crippen LogP contribution in [0.1, 0.15) is 21.7 Å². The van der Waals surface area contributed by atoms with Crippen LogP contribution in [-0.4, -0.2) is 78.6 Å². The maximum absolute atomic E-state index is 13.0. The molecule has 0 unspecified atom stereocenters. The van der Waals surface area contributed by atoms with Crippen LogP contribution in [0.15, 0.2) is 18.2 Å². The van der Waals surface area contributed by atoms with Gasteiger partial charge in [-0.3, -0.25) is 9.48 Å². The van der Waals surface area contributed by atoms with Crippen LogP contribution in [0.3, 0.4) is 0 Å². The predicted molar refractivity (Wildman–Crippen MR) is 113 cm³/mol. The monoisotopic (exact) mass is 429 g/mol. The van der Waals surface area contributed by atoms with Crippen LogP contribution in [0, 0.1) is 0 Å². The van der Waals surface area contributed by atoms with Gasteiger partial charge in [0.05, 0.1) is 39.7 Å². The highest BCUT2D eigenvalue weighted by molar-refractivity contribution is 5.95. The minimum absolute atomic E-state index is 0.112. The van der Waals surface area contributed by atoms with Crippen molar-refractivity contribution in [3.05, 3.63) is 35.2 Å². The van der Waals surface area contributed by atoms with Crippen molar-refractivity contribution in [2.75, 3.05) is 52.4 Å². The molecule has 3 amide bonds. The van der Waals surface area contributed by atoms with Crippen LogP contribution < -0.4 is 14.8 Å². The van der Waals surface area contributed by atoms with Crippen molar-refractivity contribution >= 4 is 17.6 Å². The second-order valence-electron chi connectivity index (χ2n) is 7.47. The van der Waals surface area contributed by atoms with E-state index in [1.165, 1.54) is 7.11 Å². The largest absolute Gasteiger partial charge is 0.497 e. The maximum Gasteiger partial charge on any atom is 0.322 e. The Kier molecular flexibility index (Phi) is 5.99. The number of methoxy groups -OCH3 is 2. The van der Waals surface area contributed by atoms with Crippen LogP contribution in [0.4, 0.5) is 10.5 Å². The van der Waals surface area contributed by atoms with Crippen molar-refractivity contribution in [2.45, 2.75) is 13.0 Å². The van der Waals surface area contributed by atoms with Gasteiger partial charge in [0.2, 0.25) is 0 Å². The highest BCUT2D eigenvalue weighted by Crippen LogP contribution is 2.30. The van der Waals surface area contributed by atoms with Crippen LogP contribution in [-0.2, 0) is 24.8 Å². The topological polar surface area (TPSA) is 98.2 Å². The van der Waals surface area contributed by atoms with Crippen molar-refractivity contribution < 1.29 is 23.8 Å². The Balaban J connectivity index is 1.52. The number of ether oxygens (including phenoxy) is 3. The first-order valence-electron chi connectivity index (χ1n) is 10.2. The number of nitrogens with one attached hydrogen (secondary N) is 1. The average Bonchev–Trinajstić information content (AvgIpc) is 3.15. The molecule has 2 aliphatic heterocycles. The Morgan fingerprint density at radius 3 is 2.58 bits per heavy atom.